The molecule has 3 heterocycles. The van der Waals surface area contributed by atoms with E-state index in [0.717, 1.165) is 11.3 Å². The Labute approximate surface area is 161 Å². The Hall–Kier alpha value is -3.38. The normalized spacial score (nSPS) is 24.1. The van der Waals surface area contributed by atoms with Gasteiger partial charge in [-0.3, -0.25) is 19.3 Å². The topological polar surface area (TPSA) is 63.0 Å². The van der Waals surface area contributed by atoms with Gasteiger partial charge in [0, 0.05) is 0 Å². The molecule has 0 radical (unpaired) electrons. The van der Waals surface area contributed by atoms with Gasteiger partial charge in [0.2, 0.25) is 5.91 Å². The Morgan fingerprint density at radius 1 is 0.821 bits per heavy atom. The lowest BCUT2D eigenvalue weighted by Crippen LogP contribution is -2.36. The molecule has 2 fully saturated rings. The van der Waals surface area contributed by atoms with Gasteiger partial charge in [-0.15, -0.1) is 0 Å². The molecule has 5 rings (SSSR count). The van der Waals surface area contributed by atoms with Crippen LogP contribution in [-0.4, -0.2) is 22.8 Å². The molecule has 0 spiro atoms. The van der Waals surface area contributed by atoms with Crippen molar-refractivity contribution >= 4 is 17.5 Å². The first kappa shape index (κ1) is 16.8. The molecule has 6 heteroatoms. The minimum absolute atomic E-state index is 0.237. The van der Waals surface area contributed by atoms with Crippen LogP contribution in [0, 0.1) is 5.92 Å². The van der Waals surface area contributed by atoms with Crippen molar-refractivity contribution in [1.82, 2.24) is 4.90 Å². The van der Waals surface area contributed by atoms with E-state index in [1.165, 1.54) is 4.90 Å². The summed E-state index contributed by atoms with van der Waals surface area (Å²) in [5.74, 6) is -0.603. The molecule has 2 aliphatic heterocycles. The minimum Gasteiger partial charge on any atom is -0.467 e. The van der Waals surface area contributed by atoms with E-state index in [9.17, 15) is 9.59 Å². The van der Waals surface area contributed by atoms with Gasteiger partial charge in [0.25, 0.3) is 5.91 Å². The van der Waals surface area contributed by atoms with Crippen molar-refractivity contribution in [3.8, 4) is 0 Å². The van der Waals surface area contributed by atoms with Crippen LogP contribution in [0.4, 0.5) is 5.69 Å². The molecule has 2 saturated heterocycles. The van der Waals surface area contributed by atoms with E-state index in [0.29, 0.717) is 5.76 Å². The van der Waals surface area contributed by atoms with Gasteiger partial charge >= 0.3 is 0 Å². The Bertz CT molecular complexity index is 988. The first-order valence-corrected chi connectivity index (χ1v) is 9.17. The van der Waals surface area contributed by atoms with Crippen LogP contribution in [0.15, 0.2) is 83.5 Å². The zero-order chi connectivity index (χ0) is 19.1. The number of imide groups is 1. The monoisotopic (exact) mass is 374 g/mol. The molecular weight excluding hydrogens is 356 g/mol. The molecule has 0 bridgehead atoms. The number of hydrogen-bond donors (Lipinski definition) is 0. The van der Waals surface area contributed by atoms with E-state index in [2.05, 4.69) is 0 Å². The van der Waals surface area contributed by atoms with Gasteiger partial charge in [-0.1, -0.05) is 48.5 Å². The lowest BCUT2D eigenvalue weighted by molar-refractivity contribution is -0.143. The number of furan rings is 1. The van der Waals surface area contributed by atoms with Crippen LogP contribution in [0.5, 0.6) is 0 Å². The maximum absolute atomic E-state index is 13.2. The van der Waals surface area contributed by atoms with Crippen LogP contribution in [0.1, 0.15) is 17.4 Å². The highest BCUT2D eigenvalue weighted by Crippen LogP contribution is 2.46. The van der Waals surface area contributed by atoms with E-state index in [1.807, 2.05) is 66.7 Å². The zero-order valence-electron chi connectivity index (χ0n) is 15.0. The number of amides is 2. The van der Waals surface area contributed by atoms with E-state index in [1.54, 1.807) is 17.4 Å². The van der Waals surface area contributed by atoms with Crippen molar-refractivity contribution in [1.29, 1.82) is 0 Å². The Kier molecular flexibility index (Phi) is 3.98. The van der Waals surface area contributed by atoms with Gasteiger partial charge in [0.15, 0.2) is 6.10 Å². The summed E-state index contributed by atoms with van der Waals surface area (Å²) in [7, 11) is 0. The predicted octanol–water partition coefficient (Wildman–Crippen LogP) is 3.33. The van der Waals surface area contributed by atoms with Crippen molar-refractivity contribution in [2.45, 2.75) is 18.7 Å². The summed E-state index contributed by atoms with van der Waals surface area (Å²) in [4.78, 5) is 33.6. The fourth-order valence-corrected chi connectivity index (χ4v) is 3.94. The third-order valence-electron chi connectivity index (χ3n) is 5.24. The third-order valence-corrected chi connectivity index (χ3v) is 5.24. The molecule has 3 aromatic rings. The van der Waals surface area contributed by atoms with Crippen molar-refractivity contribution < 1.29 is 18.8 Å². The molecule has 2 aromatic carbocycles. The molecule has 0 unspecified atom stereocenters. The number of anilines is 1. The summed E-state index contributed by atoms with van der Waals surface area (Å²) in [5, 5.41) is 1.63. The van der Waals surface area contributed by atoms with E-state index in [-0.39, 0.29) is 18.4 Å². The molecule has 2 aliphatic rings. The van der Waals surface area contributed by atoms with Gasteiger partial charge in [0.05, 0.1) is 18.5 Å². The number of carbonyl (C=O) groups excluding carboxylic acids is 2. The van der Waals surface area contributed by atoms with E-state index in [4.69, 9.17) is 9.25 Å². The average molecular weight is 374 g/mol. The highest BCUT2D eigenvalue weighted by molar-refractivity contribution is 6.07. The number of likely N-dealkylation sites (tertiary alicyclic amines) is 1. The lowest BCUT2D eigenvalue weighted by Gasteiger charge is -2.27. The molecule has 28 heavy (non-hydrogen) atoms. The molecular formula is C22H18N2O4. The second-order valence-corrected chi connectivity index (χ2v) is 6.92. The largest absolute Gasteiger partial charge is 0.467 e. The second-order valence-electron chi connectivity index (χ2n) is 6.92. The van der Waals surface area contributed by atoms with Gasteiger partial charge in [0.1, 0.15) is 17.7 Å². The Morgan fingerprint density at radius 3 is 2.21 bits per heavy atom. The SMILES string of the molecule is O=C1[C@H]2[C@@H](c3ccco3)N(c3ccccc3)O[C@H]2C(=O)N1Cc1ccccc1. The molecule has 2 amide bonds. The second kappa shape index (κ2) is 6.65. The summed E-state index contributed by atoms with van der Waals surface area (Å²) < 4.78 is 5.61. The summed E-state index contributed by atoms with van der Waals surface area (Å²) in [6.45, 7) is 0.241. The first-order valence-electron chi connectivity index (χ1n) is 9.17. The van der Waals surface area contributed by atoms with Crippen LogP contribution < -0.4 is 5.06 Å². The zero-order valence-corrected chi connectivity index (χ0v) is 15.0. The summed E-state index contributed by atoms with van der Waals surface area (Å²) in [6, 6.07) is 22.0. The smallest absolute Gasteiger partial charge is 0.262 e. The molecule has 0 aliphatic carbocycles. The van der Waals surface area contributed by atoms with Crippen LogP contribution >= 0.6 is 0 Å². The number of nitrogens with zero attached hydrogens (tertiary/aromatic N) is 2. The van der Waals surface area contributed by atoms with Crippen LogP contribution in [0.25, 0.3) is 0 Å². The van der Waals surface area contributed by atoms with Crippen molar-refractivity contribution in [3.05, 3.63) is 90.4 Å². The first-order chi connectivity index (χ1) is 13.7. The number of fused-ring (bicyclic) bond motifs is 1. The third kappa shape index (κ3) is 2.61. The van der Waals surface area contributed by atoms with Crippen molar-refractivity contribution in [2.75, 3.05) is 5.06 Å². The number of para-hydroxylation sites is 1. The molecule has 3 atom stereocenters. The summed E-state index contributed by atoms with van der Waals surface area (Å²) in [5.41, 5.74) is 1.67. The molecule has 0 saturated carbocycles. The van der Waals surface area contributed by atoms with Crippen molar-refractivity contribution in [3.63, 3.8) is 0 Å². The number of benzene rings is 2. The van der Waals surface area contributed by atoms with Crippen LogP contribution in [-0.2, 0) is 21.0 Å². The highest BCUT2D eigenvalue weighted by Gasteiger charge is 2.60. The maximum Gasteiger partial charge on any atom is 0.262 e. The Morgan fingerprint density at radius 2 is 1.54 bits per heavy atom. The van der Waals surface area contributed by atoms with Crippen LogP contribution in [0.3, 0.4) is 0 Å². The van der Waals surface area contributed by atoms with Gasteiger partial charge in [-0.2, -0.15) is 0 Å². The Balaban J connectivity index is 1.50. The van der Waals surface area contributed by atoms with Crippen LogP contribution in [0.2, 0.25) is 0 Å². The molecule has 140 valence electrons. The van der Waals surface area contributed by atoms with E-state index < -0.39 is 18.1 Å². The van der Waals surface area contributed by atoms with Crippen molar-refractivity contribution in [2.24, 2.45) is 5.92 Å². The molecule has 6 nitrogen and oxygen atoms in total. The summed E-state index contributed by atoms with van der Waals surface area (Å²) in [6.07, 6.45) is 0.709. The number of hydroxylamine groups is 1. The quantitative estimate of drug-likeness (QED) is 0.656. The number of hydrogen-bond acceptors (Lipinski definition) is 5. The lowest BCUT2D eigenvalue weighted by atomic mass is 9.94. The van der Waals surface area contributed by atoms with Gasteiger partial charge in [-0.05, 0) is 29.8 Å². The number of carbonyl (C=O) groups is 2. The predicted molar refractivity (Wildman–Crippen MR) is 101 cm³/mol. The summed E-state index contributed by atoms with van der Waals surface area (Å²) >= 11 is 0. The van der Waals surface area contributed by atoms with Gasteiger partial charge < -0.3 is 4.42 Å². The average Bonchev–Trinajstić information content (AvgIpc) is 3.44. The van der Waals surface area contributed by atoms with Gasteiger partial charge in [-0.25, -0.2) is 5.06 Å². The highest BCUT2D eigenvalue weighted by atomic mass is 16.7. The molecule has 0 N–H and O–H groups in total. The minimum atomic E-state index is -0.855. The molecule has 1 aromatic heterocycles. The fourth-order valence-electron chi connectivity index (χ4n) is 3.94. The van der Waals surface area contributed by atoms with E-state index >= 15 is 0 Å². The number of rotatable bonds is 4. The fraction of sp³-hybridized carbons (Fsp3) is 0.182. The maximum atomic E-state index is 13.2. The standard InChI is InChI=1S/C22H18N2O4/c25-21-18-19(17-12-7-13-27-17)24(16-10-5-2-6-11-16)28-20(18)22(26)23(21)14-15-8-3-1-4-9-15/h1-13,18-20H,14H2/t18-,19+,20+/m0/s1.